The molecule has 3 unspecified atom stereocenters. The summed E-state index contributed by atoms with van der Waals surface area (Å²) >= 11 is -1.03. The fourth-order valence-electron chi connectivity index (χ4n) is 4.16. The highest BCUT2D eigenvalue weighted by Gasteiger charge is 2.32. The van der Waals surface area contributed by atoms with Gasteiger partial charge in [-0.15, -0.1) is 6.58 Å². The first-order valence-corrected chi connectivity index (χ1v) is 10.4. The normalized spacial score (nSPS) is 26.9. The first kappa shape index (κ1) is 20.6. The SMILES string of the molecule is C=CCN(C=O)C1CCN(CC2CCC(N(C)S(=O)N(C)C)C2)CC1. The van der Waals surface area contributed by atoms with Crippen molar-refractivity contribution in [3.8, 4) is 0 Å². The van der Waals surface area contributed by atoms with Gasteiger partial charge in [-0.3, -0.25) is 4.79 Å². The van der Waals surface area contributed by atoms with Gasteiger partial charge in [0, 0.05) is 59.4 Å². The van der Waals surface area contributed by atoms with E-state index in [-0.39, 0.29) is 0 Å². The third kappa shape index (κ3) is 5.61. The van der Waals surface area contributed by atoms with E-state index in [1.54, 1.807) is 10.4 Å². The van der Waals surface area contributed by atoms with E-state index >= 15 is 0 Å². The fourth-order valence-corrected chi connectivity index (χ4v) is 5.12. The van der Waals surface area contributed by atoms with Gasteiger partial charge in [-0.25, -0.2) is 12.8 Å². The van der Waals surface area contributed by atoms with Gasteiger partial charge in [0.1, 0.15) is 0 Å². The molecule has 0 aromatic rings. The second-order valence-corrected chi connectivity index (χ2v) is 9.31. The summed E-state index contributed by atoms with van der Waals surface area (Å²) in [5, 5.41) is 0. The molecule has 3 atom stereocenters. The highest BCUT2D eigenvalue weighted by molar-refractivity contribution is 7.80. The van der Waals surface area contributed by atoms with Crippen molar-refractivity contribution in [2.75, 3.05) is 47.3 Å². The molecule has 0 N–H and O–H groups in total. The van der Waals surface area contributed by atoms with E-state index in [0.29, 0.717) is 24.5 Å². The molecule has 0 spiro atoms. The number of carbonyl (C=O) groups excluding carboxylic acids is 1. The Bertz CT molecular complexity index is 466. The van der Waals surface area contributed by atoms with E-state index in [4.69, 9.17) is 0 Å². The van der Waals surface area contributed by atoms with Crippen molar-refractivity contribution >= 4 is 17.6 Å². The van der Waals surface area contributed by atoms with Gasteiger partial charge in [0.05, 0.1) is 0 Å². The molecule has 1 aliphatic carbocycles. The van der Waals surface area contributed by atoms with Crippen LogP contribution in [0.25, 0.3) is 0 Å². The summed E-state index contributed by atoms with van der Waals surface area (Å²) in [5.41, 5.74) is 0. The topological polar surface area (TPSA) is 47.1 Å². The van der Waals surface area contributed by atoms with Gasteiger partial charge >= 0.3 is 0 Å². The number of piperidine rings is 1. The molecule has 144 valence electrons. The third-order valence-corrected chi connectivity index (χ3v) is 7.02. The molecular weight excluding hydrogens is 336 g/mol. The number of hydrogen-bond acceptors (Lipinski definition) is 3. The molecule has 0 bridgehead atoms. The second-order valence-electron chi connectivity index (χ2n) is 7.54. The maximum atomic E-state index is 12.2. The smallest absolute Gasteiger partial charge is 0.210 e. The van der Waals surface area contributed by atoms with Crippen LogP contribution in [0.2, 0.25) is 0 Å². The molecule has 1 aliphatic heterocycles. The summed E-state index contributed by atoms with van der Waals surface area (Å²) in [7, 11) is 5.69. The highest BCUT2D eigenvalue weighted by atomic mass is 32.2. The van der Waals surface area contributed by atoms with Crippen molar-refractivity contribution in [3.63, 3.8) is 0 Å². The number of rotatable bonds is 9. The maximum absolute atomic E-state index is 12.2. The van der Waals surface area contributed by atoms with Crippen molar-refractivity contribution in [1.82, 2.24) is 18.4 Å². The number of likely N-dealkylation sites (tertiary alicyclic amines) is 1. The minimum Gasteiger partial charge on any atom is -0.338 e. The summed E-state index contributed by atoms with van der Waals surface area (Å²) in [5.74, 6) is 0.693. The lowest BCUT2D eigenvalue weighted by Gasteiger charge is -2.37. The lowest BCUT2D eigenvalue weighted by molar-refractivity contribution is -0.120. The van der Waals surface area contributed by atoms with Crippen molar-refractivity contribution in [1.29, 1.82) is 0 Å². The maximum Gasteiger partial charge on any atom is 0.210 e. The number of nitrogens with zero attached hydrogens (tertiary/aromatic N) is 4. The molecule has 2 fully saturated rings. The predicted octanol–water partition coefficient (Wildman–Crippen LogP) is 1.34. The Morgan fingerprint density at radius 2 is 1.80 bits per heavy atom. The zero-order chi connectivity index (χ0) is 18.4. The van der Waals surface area contributed by atoms with Gasteiger partial charge in [0.15, 0.2) is 11.2 Å². The third-order valence-electron chi connectivity index (χ3n) is 5.60. The van der Waals surface area contributed by atoms with E-state index in [1.165, 1.54) is 6.42 Å². The summed E-state index contributed by atoms with van der Waals surface area (Å²) in [6.07, 6.45) is 8.34. The molecule has 0 radical (unpaired) electrons. The van der Waals surface area contributed by atoms with Crippen LogP contribution in [0, 0.1) is 5.92 Å². The molecular formula is C18H34N4O2S. The zero-order valence-electron chi connectivity index (χ0n) is 16.0. The molecule has 0 aromatic carbocycles. The quantitative estimate of drug-likeness (QED) is 0.454. The average Bonchev–Trinajstić information content (AvgIpc) is 3.07. The summed E-state index contributed by atoms with van der Waals surface area (Å²) in [6.45, 7) is 7.64. The van der Waals surface area contributed by atoms with E-state index in [9.17, 15) is 9.00 Å². The first-order chi connectivity index (χ1) is 12.0. The van der Waals surface area contributed by atoms with Crippen molar-refractivity contribution in [3.05, 3.63) is 12.7 Å². The summed E-state index contributed by atoms with van der Waals surface area (Å²) in [6, 6.07) is 0.778. The molecule has 1 saturated heterocycles. The summed E-state index contributed by atoms with van der Waals surface area (Å²) in [4.78, 5) is 15.6. The van der Waals surface area contributed by atoms with E-state index in [1.807, 2.05) is 30.3 Å². The largest absolute Gasteiger partial charge is 0.338 e. The predicted molar refractivity (Wildman–Crippen MR) is 103 cm³/mol. The van der Waals surface area contributed by atoms with Crippen LogP contribution in [0.1, 0.15) is 32.1 Å². The monoisotopic (exact) mass is 370 g/mol. The van der Waals surface area contributed by atoms with Gasteiger partial charge < -0.3 is 9.80 Å². The molecule has 25 heavy (non-hydrogen) atoms. The molecule has 7 heteroatoms. The number of hydrogen-bond donors (Lipinski definition) is 0. The first-order valence-electron chi connectivity index (χ1n) is 9.32. The minimum absolute atomic E-state index is 0.358. The van der Waals surface area contributed by atoms with E-state index < -0.39 is 11.2 Å². The Hall–Kier alpha value is -0.760. The molecule has 6 nitrogen and oxygen atoms in total. The number of carbonyl (C=O) groups is 1. The lowest BCUT2D eigenvalue weighted by Crippen LogP contribution is -2.45. The van der Waals surface area contributed by atoms with Crippen LogP contribution in [0.15, 0.2) is 12.7 Å². The standard InChI is InChI=1S/C18H34N4O2S/c1-5-10-22(15-23)17-8-11-21(12-9-17)14-16-6-7-18(13-16)20(4)25(24)19(2)3/h5,15-18H,1,6-14H2,2-4H3. The van der Waals surface area contributed by atoms with E-state index in [2.05, 4.69) is 11.5 Å². The van der Waals surface area contributed by atoms with Crippen LogP contribution in [0.3, 0.4) is 0 Å². The van der Waals surface area contributed by atoms with Crippen LogP contribution in [-0.2, 0) is 16.0 Å². The Morgan fingerprint density at radius 3 is 2.36 bits per heavy atom. The number of amides is 1. The molecule has 0 aromatic heterocycles. The van der Waals surface area contributed by atoms with Crippen molar-refractivity contribution < 1.29 is 9.00 Å². The van der Waals surface area contributed by atoms with Gasteiger partial charge in [-0.05, 0) is 38.0 Å². The van der Waals surface area contributed by atoms with Crippen LogP contribution in [-0.4, -0.2) is 88.4 Å². The Balaban J connectivity index is 1.75. The average molecular weight is 371 g/mol. The van der Waals surface area contributed by atoms with Gasteiger partial charge in [0.25, 0.3) is 0 Å². The molecule has 1 saturated carbocycles. The highest BCUT2D eigenvalue weighted by Crippen LogP contribution is 2.31. The van der Waals surface area contributed by atoms with Gasteiger partial charge in [-0.2, -0.15) is 0 Å². The molecule has 1 amide bonds. The zero-order valence-corrected chi connectivity index (χ0v) is 16.8. The van der Waals surface area contributed by atoms with Crippen LogP contribution >= 0.6 is 0 Å². The second kappa shape index (κ2) is 9.80. The lowest BCUT2D eigenvalue weighted by atomic mass is 10.0. The van der Waals surface area contributed by atoms with E-state index in [0.717, 1.165) is 51.7 Å². The Labute approximate surface area is 155 Å². The van der Waals surface area contributed by atoms with Crippen LogP contribution in [0.4, 0.5) is 0 Å². The molecule has 2 aliphatic rings. The van der Waals surface area contributed by atoms with Crippen LogP contribution < -0.4 is 0 Å². The fraction of sp³-hybridized carbons (Fsp3) is 0.833. The summed E-state index contributed by atoms with van der Waals surface area (Å²) < 4.78 is 16.0. The Kier molecular flexibility index (Phi) is 8.06. The van der Waals surface area contributed by atoms with Gasteiger partial charge in [-0.1, -0.05) is 6.08 Å². The van der Waals surface area contributed by atoms with Crippen LogP contribution in [0.5, 0.6) is 0 Å². The molecule has 2 rings (SSSR count). The van der Waals surface area contributed by atoms with Gasteiger partial charge in [0.2, 0.25) is 6.41 Å². The minimum atomic E-state index is -1.03. The molecule has 1 heterocycles. The van der Waals surface area contributed by atoms with Crippen molar-refractivity contribution in [2.24, 2.45) is 5.92 Å². The Morgan fingerprint density at radius 1 is 1.12 bits per heavy atom. The van der Waals surface area contributed by atoms with Crippen molar-refractivity contribution in [2.45, 2.75) is 44.2 Å².